The van der Waals surface area contributed by atoms with Crippen molar-refractivity contribution < 1.29 is 4.79 Å². The van der Waals surface area contributed by atoms with Gasteiger partial charge in [0.25, 0.3) is 5.56 Å². The molecule has 2 rings (SSSR count). The standard InChI is InChI=1S/C21H28N4O3/c1-5-25(6-2)15-17-10-8-7-9-16(17)13-22-19(26)12-11-18-14-23(3)21(28)24(4)20(18)27/h7-12,14H,5-6,13,15H2,1-4H3,(H,22,26)/b12-11+. The zero-order valence-electron chi connectivity index (χ0n) is 16.9. The van der Waals surface area contributed by atoms with E-state index in [4.69, 9.17) is 0 Å². The van der Waals surface area contributed by atoms with Crippen LogP contribution < -0.4 is 16.6 Å². The van der Waals surface area contributed by atoms with Crippen molar-refractivity contribution in [2.45, 2.75) is 26.9 Å². The Balaban J connectivity index is 2.07. The lowest BCUT2D eigenvalue weighted by atomic mass is 10.1. The molecule has 0 unspecified atom stereocenters. The summed E-state index contributed by atoms with van der Waals surface area (Å²) in [6.45, 7) is 7.43. The van der Waals surface area contributed by atoms with Crippen LogP contribution in [0.5, 0.6) is 0 Å². The van der Waals surface area contributed by atoms with Gasteiger partial charge in [-0.1, -0.05) is 38.1 Å². The molecule has 0 aliphatic carbocycles. The summed E-state index contributed by atoms with van der Waals surface area (Å²) in [5.41, 5.74) is 1.69. The molecule has 0 saturated heterocycles. The Labute approximate surface area is 164 Å². The molecule has 1 amide bonds. The normalized spacial score (nSPS) is 11.3. The number of hydrogen-bond acceptors (Lipinski definition) is 4. The first-order chi connectivity index (χ1) is 13.4. The monoisotopic (exact) mass is 384 g/mol. The fourth-order valence-corrected chi connectivity index (χ4v) is 2.93. The van der Waals surface area contributed by atoms with Gasteiger partial charge in [-0.25, -0.2) is 4.79 Å². The molecule has 1 aromatic carbocycles. The fraction of sp³-hybridized carbons (Fsp3) is 0.381. The molecule has 150 valence electrons. The Morgan fingerprint density at radius 3 is 2.39 bits per heavy atom. The molecule has 7 nitrogen and oxygen atoms in total. The van der Waals surface area contributed by atoms with E-state index in [1.54, 1.807) is 7.05 Å². The minimum Gasteiger partial charge on any atom is -0.348 e. The van der Waals surface area contributed by atoms with E-state index in [0.29, 0.717) is 6.54 Å². The van der Waals surface area contributed by atoms with Crippen LogP contribution in [0.25, 0.3) is 6.08 Å². The third-order valence-electron chi connectivity index (χ3n) is 4.75. The van der Waals surface area contributed by atoms with Gasteiger partial charge in [-0.05, 0) is 30.3 Å². The van der Waals surface area contributed by atoms with E-state index in [1.165, 1.54) is 35.5 Å². The summed E-state index contributed by atoms with van der Waals surface area (Å²) in [6, 6.07) is 8.03. The predicted molar refractivity (Wildman–Crippen MR) is 111 cm³/mol. The molecule has 0 bridgehead atoms. The highest BCUT2D eigenvalue weighted by Gasteiger charge is 2.08. The lowest BCUT2D eigenvalue weighted by Gasteiger charge is -2.20. The maximum atomic E-state index is 12.2. The second kappa shape index (κ2) is 9.85. The zero-order valence-corrected chi connectivity index (χ0v) is 16.9. The van der Waals surface area contributed by atoms with Crippen LogP contribution in [0.1, 0.15) is 30.5 Å². The van der Waals surface area contributed by atoms with E-state index in [2.05, 4.69) is 30.1 Å². The average molecular weight is 384 g/mol. The number of benzene rings is 1. The van der Waals surface area contributed by atoms with Crippen molar-refractivity contribution in [2.75, 3.05) is 13.1 Å². The van der Waals surface area contributed by atoms with E-state index in [-0.39, 0.29) is 11.5 Å². The van der Waals surface area contributed by atoms with Crippen molar-refractivity contribution in [3.05, 3.63) is 74.1 Å². The summed E-state index contributed by atoms with van der Waals surface area (Å²) >= 11 is 0. The van der Waals surface area contributed by atoms with Crippen molar-refractivity contribution in [2.24, 2.45) is 14.1 Å². The quantitative estimate of drug-likeness (QED) is 0.695. The molecular formula is C21H28N4O3. The highest BCUT2D eigenvalue weighted by Crippen LogP contribution is 2.11. The molecule has 2 aromatic rings. The number of hydrogen-bond donors (Lipinski definition) is 1. The van der Waals surface area contributed by atoms with Crippen molar-refractivity contribution in [1.29, 1.82) is 0 Å². The van der Waals surface area contributed by atoms with E-state index >= 15 is 0 Å². The van der Waals surface area contributed by atoms with Gasteiger partial charge in [0.2, 0.25) is 5.91 Å². The summed E-state index contributed by atoms with van der Waals surface area (Å²) in [4.78, 5) is 38.3. The van der Waals surface area contributed by atoms with Crippen LogP contribution in [0.3, 0.4) is 0 Å². The largest absolute Gasteiger partial charge is 0.348 e. The Morgan fingerprint density at radius 1 is 1.11 bits per heavy atom. The lowest BCUT2D eigenvalue weighted by Crippen LogP contribution is -2.37. The van der Waals surface area contributed by atoms with Gasteiger partial charge in [0.05, 0.1) is 5.56 Å². The smallest absolute Gasteiger partial charge is 0.330 e. The Hall–Kier alpha value is -2.93. The van der Waals surface area contributed by atoms with Crippen LogP contribution in [-0.4, -0.2) is 33.0 Å². The number of nitrogens with zero attached hydrogens (tertiary/aromatic N) is 3. The third kappa shape index (κ3) is 5.29. The summed E-state index contributed by atoms with van der Waals surface area (Å²) in [5.74, 6) is -0.298. The molecule has 0 aliphatic heterocycles. The number of carbonyl (C=O) groups excluding carboxylic acids is 1. The first kappa shape index (κ1) is 21.4. The van der Waals surface area contributed by atoms with Gasteiger partial charge in [-0.2, -0.15) is 0 Å². The van der Waals surface area contributed by atoms with Gasteiger partial charge in [0, 0.05) is 39.5 Å². The molecule has 0 radical (unpaired) electrons. The lowest BCUT2D eigenvalue weighted by molar-refractivity contribution is -0.116. The van der Waals surface area contributed by atoms with Gasteiger partial charge in [0.1, 0.15) is 0 Å². The summed E-state index contributed by atoms with van der Waals surface area (Å²) in [7, 11) is 2.97. The zero-order chi connectivity index (χ0) is 20.7. The first-order valence-electron chi connectivity index (χ1n) is 9.39. The second-order valence-corrected chi connectivity index (χ2v) is 6.62. The molecule has 7 heteroatoms. The number of aryl methyl sites for hydroxylation is 1. The Bertz CT molecular complexity index is 968. The van der Waals surface area contributed by atoms with Crippen LogP contribution >= 0.6 is 0 Å². The number of rotatable bonds is 8. The molecular weight excluding hydrogens is 356 g/mol. The highest BCUT2D eigenvalue weighted by molar-refractivity contribution is 5.91. The molecule has 28 heavy (non-hydrogen) atoms. The van der Waals surface area contributed by atoms with Crippen LogP contribution in [0.4, 0.5) is 0 Å². The van der Waals surface area contributed by atoms with Crippen molar-refractivity contribution in [1.82, 2.24) is 19.4 Å². The van der Waals surface area contributed by atoms with Crippen molar-refractivity contribution in [3.8, 4) is 0 Å². The molecule has 0 aliphatic rings. The maximum Gasteiger partial charge on any atom is 0.330 e. The summed E-state index contributed by atoms with van der Waals surface area (Å²) in [5, 5.41) is 2.86. The van der Waals surface area contributed by atoms with Crippen LogP contribution in [-0.2, 0) is 32.0 Å². The average Bonchev–Trinajstić information content (AvgIpc) is 2.71. The van der Waals surface area contributed by atoms with Gasteiger partial charge in [-0.15, -0.1) is 0 Å². The molecule has 0 spiro atoms. The molecule has 1 N–H and O–H groups in total. The van der Waals surface area contributed by atoms with Crippen molar-refractivity contribution >= 4 is 12.0 Å². The fourth-order valence-electron chi connectivity index (χ4n) is 2.93. The molecule has 0 saturated carbocycles. The van der Waals surface area contributed by atoms with Crippen LogP contribution in [0.2, 0.25) is 0 Å². The van der Waals surface area contributed by atoms with Gasteiger partial charge < -0.3 is 9.88 Å². The second-order valence-electron chi connectivity index (χ2n) is 6.62. The molecule has 0 atom stereocenters. The summed E-state index contributed by atoms with van der Waals surface area (Å²) < 4.78 is 2.32. The van der Waals surface area contributed by atoms with Gasteiger partial charge >= 0.3 is 5.69 Å². The topological polar surface area (TPSA) is 76.3 Å². The first-order valence-corrected chi connectivity index (χ1v) is 9.39. The number of amides is 1. The Morgan fingerprint density at radius 2 is 1.75 bits per heavy atom. The third-order valence-corrected chi connectivity index (χ3v) is 4.75. The van der Waals surface area contributed by atoms with Gasteiger partial charge in [-0.3, -0.25) is 19.1 Å². The molecule has 1 aromatic heterocycles. The Kier molecular flexibility index (Phi) is 7.52. The van der Waals surface area contributed by atoms with E-state index < -0.39 is 11.2 Å². The van der Waals surface area contributed by atoms with E-state index in [9.17, 15) is 14.4 Å². The number of nitrogens with one attached hydrogen (secondary N) is 1. The molecule has 1 heterocycles. The SMILES string of the molecule is CCN(CC)Cc1ccccc1CNC(=O)/C=C/c1cn(C)c(=O)n(C)c1=O. The predicted octanol–water partition coefficient (Wildman–Crippen LogP) is 1.26. The minimum absolute atomic E-state index is 0.279. The number of carbonyl (C=O) groups is 1. The van der Waals surface area contributed by atoms with Crippen molar-refractivity contribution in [3.63, 3.8) is 0 Å². The van der Waals surface area contributed by atoms with Crippen LogP contribution in [0.15, 0.2) is 46.1 Å². The number of aromatic nitrogens is 2. The van der Waals surface area contributed by atoms with E-state index in [0.717, 1.165) is 29.8 Å². The minimum atomic E-state index is -0.434. The van der Waals surface area contributed by atoms with Crippen LogP contribution in [0, 0.1) is 0 Å². The van der Waals surface area contributed by atoms with Gasteiger partial charge in [0.15, 0.2) is 0 Å². The summed E-state index contributed by atoms with van der Waals surface area (Å²) in [6.07, 6.45) is 4.17. The maximum absolute atomic E-state index is 12.2. The highest BCUT2D eigenvalue weighted by atomic mass is 16.2. The van der Waals surface area contributed by atoms with E-state index in [1.807, 2.05) is 18.2 Å². The molecule has 0 fully saturated rings.